The molecule has 6 heteroatoms. The predicted octanol–water partition coefficient (Wildman–Crippen LogP) is 2.32. The van der Waals surface area contributed by atoms with Crippen LogP contribution in [-0.2, 0) is 14.3 Å². The van der Waals surface area contributed by atoms with Crippen molar-refractivity contribution in [1.82, 2.24) is 15.5 Å². The van der Waals surface area contributed by atoms with E-state index in [1.165, 1.54) is 0 Å². The van der Waals surface area contributed by atoms with Gasteiger partial charge in [0.1, 0.15) is 0 Å². The Morgan fingerprint density at radius 1 is 0.964 bits per heavy atom. The lowest BCUT2D eigenvalue weighted by molar-refractivity contribution is -0.132. The molecular formula is C22H39N3O3. The quantitative estimate of drug-likeness (QED) is 0.752. The van der Waals surface area contributed by atoms with E-state index < -0.39 is 0 Å². The molecule has 2 amide bonds. The highest BCUT2D eigenvalue weighted by atomic mass is 16.5. The lowest BCUT2D eigenvalue weighted by Gasteiger charge is -2.43. The summed E-state index contributed by atoms with van der Waals surface area (Å²) in [5.74, 6) is 1.24. The van der Waals surface area contributed by atoms with Crippen molar-refractivity contribution in [3.8, 4) is 0 Å². The monoisotopic (exact) mass is 393 g/mol. The fourth-order valence-electron chi connectivity index (χ4n) is 4.69. The number of nitrogens with zero attached hydrogens (tertiary/aromatic N) is 1. The molecule has 1 aliphatic heterocycles. The van der Waals surface area contributed by atoms with E-state index in [0.717, 1.165) is 51.6 Å². The first-order chi connectivity index (χ1) is 13.2. The Kier molecular flexibility index (Phi) is 7.02. The average Bonchev–Trinajstić information content (AvgIpc) is 2.61. The Morgan fingerprint density at radius 3 is 2.04 bits per heavy atom. The van der Waals surface area contributed by atoms with Crippen molar-refractivity contribution < 1.29 is 14.3 Å². The number of carbonyl (C=O) groups excluding carboxylic acids is 2. The van der Waals surface area contributed by atoms with E-state index in [2.05, 4.69) is 36.3 Å². The van der Waals surface area contributed by atoms with Gasteiger partial charge in [-0.15, -0.1) is 0 Å². The number of amides is 2. The Bertz CT molecular complexity index is 540. The lowest BCUT2D eigenvalue weighted by Crippen LogP contribution is -2.53. The van der Waals surface area contributed by atoms with Crippen LogP contribution in [-0.4, -0.2) is 61.1 Å². The van der Waals surface area contributed by atoms with Gasteiger partial charge in [-0.3, -0.25) is 14.5 Å². The van der Waals surface area contributed by atoms with Crippen LogP contribution in [0.5, 0.6) is 0 Å². The zero-order valence-corrected chi connectivity index (χ0v) is 18.1. The molecule has 0 unspecified atom stereocenters. The third kappa shape index (κ3) is 5.47. The summed E-state index contributed by atoms with van der Waals surface area (Å²) in [6, 6.07) is 0.403. The number of carbonyl (C=O) groups is 2. The van der Waals surface area contributed by atoms with Crippen LogP contribution in [0.2, 0.25) is 0 Å². The van der Waals surface area contributed by atoms with Crippen LogP contribution in [0.15, 0.2) is 0 Å². The predicted molar refractivity (Wildman–Crippen MR) is 110 cm³/mol. The second-order valence-electron chi connectivity index (χ2n) is 10.1. The molecule has 1 saturated heterocycles. The van der Waals surface area contributed by atoms with Crippen molar-refractivity contribution >= 4 is 11.8 Å². The first kappa shape index (κ1) is 21.6. The second-order valence-corrected chi connectivity index (χ2v) is 10.1. The summed E-state index contributed by atoms with van der Waals surface area (Å²) < 4.78 is 5.37. The maximum Gasteiger partial charge on any atom is 0.237 e. The fraction of sp³-hybridized carbons (Fsp3) is 0.909. The van der Waals surface area contributed by atoms with Gasteiger partial charge in [0, 0.05) is 31.1 Å². The van der Waals surface area contributed by atoms with Crippen molar-refractivity contribution in [2.24, 2.45) is 17.3 Å². The minimum Gasteiger partial charge on any atom is -0.379 e. The third-order valence-corrected chi connectivity index (χ3v) is 7.13. The molecule has 3 rings (SSSR count). The van der Waals surface area contributed by atoms with Gasteiger partial charge >= 0.3 is 0 Å². The molecule has 2 saturated carbocycles. The largest absolute Gasteiger partial charge is 0.379 e. The van der Waals surface area contributed by atoms with Gasteiger partial charge in [0.2, 0.25) is 11.8 Å². The molecule has 1 heterocycles. The topological polar surface area (TPSA) is 70.7 Å². The maximum absolute atomic E-state index is 12.6. The van der Waals surface area contributed by atoms with Crippen LogP contribution < -0.4 is 10.6 Å². The molecule has 28 heavy (non-hydrogen) atoms. The summed E-state index contributed by atoms with van der Waals surface area (Å²) in [4.78, 5) is 27.2. The van der Waals surface area contributed by atoms with Crippen LogP contribution in [0, 0.1) is 17.3 Å². The molecule has 0 spiro atoms. The van der Waals surface area contributed by atoms with Crippen LogP contribution >= 0.6 is 0 Å². The first-order valence-corrected chi connectivity index (χ1v) is 11.2. The summed E-state index contributed by atoms with van der Waals surface area (Å²) in [7, 11) is 0. The average molecular weight is 394 g/mol. The Labute approximate surface area is 170 Å². The van der Waals surface area contributed by atoms with E-state index in [1.807, 2.05) is 6.92 Å². The summed E-state index contributed by atoms with van der Waals surface area (Å²) in [5.41, 5.74) is 0.311. The standard InChI is InChI=1S/C22H39N3O3/c1-15(25-9-11-28-12-10-25)20(26)23-18-5-7-19(8-6-18)24-21(27)16-13-17(14-16)22(2,3)4/h15-19H,5-14H2,1-4H3,(H,23,26)(H,24,27)/t15-,16?,17?,18?,19?/m0/s1. The van der Waals surface area contributed by atoms with Gasteiger partial charge in [-0.05, 0) is 56.8 Å². The first-order valence-electron chi connectivity index (χ1n) is 11.2. The van der Waals surface area contributed by atoms with Gasteiger partial charge < -0.3 is 15.4 Å². The highest BCUT2D eigenvalue weighted by Gasteiger charge is 2.41. The van der Waals surface area contributed by atoms with E-state index in [9.17, 15) is 9.59 Å². The molecule has 0 radical (unpaired) electrons. The molecule has 3 aliphatic rings. The minimum atomic E-state index is -0.101. The summed E-state index contributed by atoms with van der Waals surface area (Å²) in [6.45, 7) is 11.8. The number of rotatable bonds is 5. The fourth-order valence-corrected chi connectivity index (χ4v) is 4.69. The Morgan fingerprint density at radius 2 is 1.50 bits per heavy atom. The third-order valence-electron chi connectivity index (χ3n) is 7.13. The molecule has 2 aliphatic carbocycles. The van der Waals surface area contributed by atoms with Crippen LogP contribution in [0.4, 0.5) is 0 Å². The van der Waals surface area contributed by atoms with E-state index in [4.69, 9.17) is 4.74 Å². The second kappa shape index (κ2) is 9.12. The molecule has 3 fully saturated rings. The van der Waals surface area contributed by atoms with Crippen LogP contribution in [0.25, 0.3) is 0 Å². The molecular weight excluding hydrogens is 354 g/mol. The van der Waals surface area contributed by atoms with E-state index in [0.29, 0.717) is 24.5 Å². The van der Waals surface area contributed by atoms with E-state index in [-0.39, 0.29) is 35.9 Å². The van der Waals surface area contributed by atoms with E-state index in [1.54, 1.807) is 0 Å². The summed E-state index contributed by atoms with van der Waals surface area (Å²) in [6.07, 6.45) is 5.86. The maximum atomic E-state index is 12.6. The Hall–Kier alpha value is -1.14. The van der Waals surface area contributed by atoms with Crippen LogP contribution in [0.3, 0.4) is 0 Å². The van der Waals surface area contributed by atoms with Gasteiger partial charge in [-0.2, -0.15) is 0 Å². The zero-order valence-electron chi connectivity index (χ0n) is 18.1. The van der Waals surface area contributed by atoms with Gasteiger partial charge in [-0.25, -0.2) is 0 Å². The molecule has 1 atom stereocenters. The Balaban J connectivity index is 1.34. The number of hydrogen-bond acceptors (Lipinski definition) is 4. The zero-order chi connectivity index (χ0) is 20.3. The van der Waals surface area contributed by atoms with Crippen molar-refractivity contribution in [3.05, 3.63) is 0 Å². The smallest absolute Gasteiger partial charge is 0.237 e. The highest BCUT2D eigenvalue weighted by Crippen LogP contribution is 2.45. The van der Waals surface area contributed by atoms with Gasteiger partial charge in [0.15, 0.2) is 0 Å². The van der Waals surface area contributed by atoms with Crippen LogP contribution in [0.1, 0.15) is 66.2 Å². The van der Waals surface area contributed by atoms with Crippen molar-refractivity contribution in [1.29, 1.82) is 0 Å². The SMILES string of the molecule is C[C@@H](C(=O)NC1CCC(NC(=O)C2CC(C(C)(C)C)C2)CC1)N1CCOCC1. The molecule has 0 bridgehead atoms. The van der Waals surface area contributed by atoms with Crippen molar-refractivity contribution in [3.63, 3.8) is 0 Å². The summed E-state index contributed by atoms with van der Waals surface area (Å²) >= 11 is 0. The van der Waals surface area contributed by atoms with Gasteiger partial charge in [0.25, 0.3) is 0 Å². The van der Waals surface area contributed by atoms with Crippen molar-refractivity contribution in [2.75, 3.05) is 26.3 Å². The number of nitrogens with one attached hydrogen (secondary N) is 2. The molecule has 0 aromatic heterocycles. The number of hydrogen-bond donors (Lipinski definition) is 2. The minimum absolute atomic E-state index is 0.101. The number of ether oxygens (including phenoxy) is 1. The number of morpholine rings is 1. The van der Waals surface area contributed by atoms with E-state index >= 15 is 0 Å². The molecule has 2 N–H and O–H groups in total. The van der Waals surface area contributed by atoms with Gasteiger partial charge in [0.05, 0.1) is 19.3 Å². The normalized spacial score (nSPS) is 32.9. The summed E-state index contributed by atoms with van der Waals surface area (Å²) in [5, 5.41) is 6.49. The lowest BCUT2D eigenvalue weighted by atomic mass is 9.63. The van der Waals surface area contributed by atoms with Crippen molar-refractivity contribution in [2.45, 2.75) is 84.3 Å². The molecule has 6 nitrogen and oxygen atoms in total. The molecule has 0 aromatic rings. The highest BCUT2D eigenvalue weighted by molar-refractivity contribution is 5.81. The van der Waals surface area contributed by atoms with Gasteiger partial charge in [-0.1, -0.05) is 20.8 Å². The molecule has 160 valence electrons. The molecule has 0 aromatic carbocycles.